The van der Waals surface area contributed by atoms with Crippen LogP contribution in [0.25, 0.3) is 0 Å². The summed E-state index contributed by atoms with van der Waals surface area (Å²) in [5.41, 5.74) is 5.40. The van der Waals surface area contributed by atoms with Crippen molar-refractivity contribution in [3.05, 3.63) is 64.7 Å². The smallest absolute Gasteiger partial charge is 0.405 e. The molecule has 0 fully saturated rings. The van der Waals surface area contributed by atoms with Crippen molar-refractivity contribution in [3.63, 3.8) is 0 Å². The van der Waals surface area contributed by atoms with Crippen LogP contribution in [-0.2, 0) is 4.74 Å². The summed E-state index contributed by atoms with van der Waals surface area (Å²) in [7, 11) is 0. The van der Waals surface area contributed by atoms with Crippen LogP contribution in [0.3, 0.4) is 0 Å². The number of phenolic OH excluding ortho intramolecular Hbond substituents is 1. The van der Waals surface area contributed by atoms with Crippen molar-refractivity contribution in [1.29, 1.82) is 0 Å². The number of carbonyl (C=O) groups excluding carboxylic acids is 2. The summed E-state index contributed by atoms with van der Waals surface area (Å²) >= 11 is 5.93. The summed E-state index contributed by atoms with van der Waals surface area (Å²) < 4.78 is 5.14. The number of benzene rings is 2. The van der Waals surface area contributed by atoms with Crippen LogP contribution in [0.5, 0.6) is 5.75 Å². The van der Waals surface area contributed by atoms with Gasteiger partial charge in [-0.3, -0.25) is 4.79 Å². The third kappa shape index (κ3) is 5.22. The number of ether oxygens (including phenoxy) is 1. The highest BCUT2D eigenvalue weighted by atomic mass is 35.5. The molecule has 0 saturated carbocycles. The fourth-order valence-corrected chi connectivity index (χ4v) is 2.82. The number of nitrogens with two attached hydrogens (primary N) is 1. The number of ketones is 1. The van der Waals surface area contributed by atoms with E-state index in [-0.39, 0.29) is 18.0 Å². The number of phenols is 1. The Morgan fingerprint density at radius 3 is 2.20 bits per heavy atom. The lowest BCUT2D eigenvalue weighted by Crippen LogP contribution is -2.34. The molecule has 2 aromatic rings. The van der Waals surface area contributed by atoms with E-state index in [2.05, 4.69) is 0 Å². The Morgan fingerprint density at radius 1 is 1.12 bits per heavy atom. The predicted molar refractivity (Wildman–Crippen MR) is 96.0 cm³/mol. The van der Waals surface area contributed by atoms with E-state index >= 15 is 0 Å². The zero-order valence-electron chi connectivity index (χ0n) is 14.0. The Kier molecular flexibility index (Phi) is 5.69. The van der Waals surface area contributed by atoms with Gasteiger partial charge in [-0.05, 0) is 55.8 Å². The zero-order chi connectivity index (χ0) is 18.6. The second-order valence-electron chi connectivity index (χ2n) is 6.40. The molecule has 1 atom stereocenters. The quantitative estimate of drug-likeness (QED) is 0.751. The Bertz CT molecular complexity index is 754. The average Bonchev–Trinajstić information content (AvgIpc) is 2.52. The van der Waals surface area contributed by atoms with E-state index in [1.165, 1.54) is 12.1 Å². The molecule has 0 saturated heterocycles. The molecule has 2 rings (SSSR count). The molecule has 0 heterocycles. The van der Waals surface area contributed by atoms with Gasteiger partial charge in [-0.2, -0.15) is 0 Å². The zero-order valence-corrected chi connectivity index (χ0v) is 14.8. The molecule has 0 aliphatic rings. The van der Waals surface area contributed by atoms with Crippen molar-refractivity contribution in [1.82, 2.24) is 0 Å². The van der Waals surface area contributed by atoms with Gasteiger partial charge in [-0.15, -0.1) is 0 Å². The fourth-order valence-electron chi connectivity index (χ4n) is 2.69. The van der Waals surface area contributed by atoms with Crippen LogP contribution in [0.15, 0.2) is 48.5 Å². The van der Waals surface area contributed by atoms with E-state index in [1.54, 1.807) is 50.2 Å². The van der Waals surface area contributed by atoms with Crippen LogP contribution < -0.4 is 5.73 Å². The van der Waals surface area contributed by atoms with Gasteiger partial charge >= 0.3 is 6.09 Å². The molecule has 1 unspecified atom stereocenters. The maximum atomic E-state index is 13.0. The van der Waals surface area contributed by atoms with E-state index in [1.807, 2.05) is 0 Å². The SMILES string of the molecule is CC(C)(CC(C(=O)c1ccc(O)cc1)c1ccc(Cl)cc1)OC(N)=O. The highest BCUT2D eigenvalue weighted by molar-refractivity contribution is 6.30. The first-order valence-electron chi connectivity index (χ1n) is 7.75. The number of hydrogen-bond acceptors (Lipinski definition) is 4. The Balaban J connectivity index is 2.37. The summed E-state index contributed by atoms with van der Waals surface area (Å²) in [6.45, 7) is 3.40. The van der Waals surface area contributed by atoms with Crippen molar-refractivity contribution in [3.8, 4) is 5.75 Å². The molecular formula is C19H20ClNO4. The van der Waals surface area contributed by atoms with Crippen LogP contribution in [0, 0.1) is 0 Å². The van der Waals surface area contributed by atoms with E-state index in [4.69, 9.17) is 22.1 Å². The molecular weight excluding hydrogens is 342 g/mol. The minimum atomic E-state index is -0.928. The summed E-state index contributed by atoms with van der Waals surface area (Å²) in [6, 6.07) is 13.0. The van der Waals surface area contributed by atoms with Crippen molar-refractivity contribution >= 4 is 23.5 Å². The summed E-state index contributed by atoms with van der Waals surface area (Å²) in [5.74, 6) is -0.628. The third-order valence-corrected chi connectivity index (χ3v) is 4.07. The molecule has 3 N–H and O–H groups in total. The first-order valence-corrected chi connectivity index (χ1v) is 8.13. The maximum absolute atomic E-state index is 13.0. The van der Waals surface area contributed by atoms with Crippen LogP contribution in [-0.4, -0.2) is 22.6 Å². The molecule has 6 heteroatoms. The molecule has 0 aliphatic carbocycles. The topological polar surface area (TPSA) is 89.6 Å². The van der Waals surface area contributed by atoms with Gasteiger partial charge < -0.3 is 15.6 Å². The maximum Gasteiger partial charge on any atom is 0.405 e. The largest absolute Gasteiger partial charge is 0.508 e. The predicted octanol–water partition coefficient (Wildman–Crippen LogP) is 4.28. The highest BCUT2D eigenvalue weighted by Gasteiger charge is 2.32. The van der Waals surface area contributed by atoms with Gasteiger partial charge in [0.15, 0.2) is 5.78 Å². The highest BCUT2D eigenvalue weighted by Crippen LogP contribution is 2.32. The fraction of sp³-hybridized carbons (Fsp3) is 0.263. The van der Waals surface area contributed by atoms with Gasteiger partial charge in [0.1, 0.15) is 11.4 Å². The van der Waals surface area contributed by atoms with Crippen molar-refractivity contribution < 1.29 is 19.4 Å². The van der Waals surface area contributed by atoms with Gasteiger partial charge in [0.05, 0.1) is 5.92 Å². The molecule has 0 aliphatic heterocycles. The van der Waals surface area contributed by atoms with E-state index in [0.717, 1.165) is 5.56 Å². The lowest BCUT2D eigenvalue weighted by atomic mass is 9.82. The van der Waals surface area contributed by atoms with E-state index in [0.29, 0.717) is 10.6 Å². The van der Waals surface area contributed by atoms with E-state index in [9.17, 15) is 14.7 Å². The number of carbonyl (C=O) groups is 2. The number of halogens is 1. The lowest BCUT2D eigenvalue weighted by Gasteiger charge is -2.28. The van der Waals surface area contributed by atoms with E-state index < -0.39 is 17.6 Å². The summed E-state index contributed by atoms with van der Waals surface area (Å²) in [6.07, 6.45) is -0.644. The van der Waals surface area contributed by atoms with Gasteiger partial charge in [0, 0.05) is 17.0 Å². The van der Waals surface area contributed by atoms with Crippen LogP contribution >= 0.6 is 11.6 Å². The number of aromatic hydroxyl groups is 1. The molecule has 0 aromatic heterocycles. The first kappa shape index (κ1) is 18.8. The minimum Gasteiger partial charge on any atom is -0.508 e. The molecule has 0 spiro atoms. The standard InChI is InChI=1S/C19H20ClNO4/c1-19(2,25-18(21)24)11-16(12-3-7-14(20)8-4-12)17(23)13-5-9-15(22)10-6-13/h3-10,16,22H,11H2,1-2H3,(H2,21,24). The average molecular weight is 362 g/mol. The molecule has 5 nitrogen and oxygen atoms in total. The first-order chi connectivity index (χ1) is 11.7. The van der Waals surface area contributed by atoms with Gasteiger partial charge in [-0.25, -0.2) is 4.79 Å². The second kappa shape index (κ2) is 7.57. The Hall–Kier alpha value is -2.53. The Morgan fingerprint density at radius 2 is 1.68 bits per heavy atom. The van der Waals surface area contributed by atoms with Crippen LogP contribution in [0.4, 0.5) is 4.79 Å². The summed E-state index contributed by atoms with van der Waals surface area (Å²) in [5, 5.41) is 9.98. The number of Topliss-reactive ketones (excluding diaryl/α,β-unsaturated/α-hetero) is 1. The van der Waals surface area contributed by atoms with Crippen LogP contribution in [0.1, 0.15) is 42.1 Å². The monoisotopic (exact) mass is 361 g/mol. The number of rotatable bonds is 6. The second-order valence-corrected chi connectivity index (χ2v) is 6.84. The molecule has 132 valence electrons. The van der Waals surface area contributed by atoms with Gasteiger partial charge in [-0.1, -0.05) is 23.7 Å². The van der Waals surface area contributed by atoms with Crippen LogP contribution in [0.2, 0.25) is 5.02 Å². The third-order valence-electron chi connectivity index (χ3n) is 3.81. The minimum absolute atomic E-state index is 0.0805. The summed E-state index contributed by atoms with van der Waals surface area (Å²) in [4.78, 5) is 24.1. The molecule has 25 heavy (non-hydrogen) atoms. The lowest BCUT2D eigenvalue weighted by molar-refractivity contribution is 0.0325. The van der Waals surface area contributed by atoms with Crippen molar-refractivity contribution in [2.75, 3.05) is 0 Å². The van der Waals surface area contributed by atoms with Crippen molar-refractivity contribution in [2.24, 2.45) is 5.73 Å². The Labute approximate surface area is 151 Å². The normalized spacial score (nSPS) is 12.4. The van der Waals surface area contributed by atoms with Gasteiger partial charge in [0.25, 0.3) is 0 Å². The molecule has 0 radical (unpaired) electrons. The van der Waals surface area contributed by atoms with Crippen molar-refractivity contribution in [2.45, 2.75) is 31.8 Å². The molecule has 0 bridgehead atoms. The number of amides is 1. The molecule has 2 aromatic carbocycles. The number of hydrogen-bond donors (Lipinski definition) is 2. The van der Waals surface area contributed by atoms with Gasteiger partial charge in [0.2, 0.25) is 0 Å². The molecule has 1 amide bonds. The number of primary amides is 1.